The smallest absolute Gasteiger partial charge is 0.188 e. The SMILES string of the molecule is CC[C@]12O[C@@]3(O)[C@H](C)[C@H](O[C@@]([C@@H](C)C=O)(O1)[C@@H]3C)[C@@H]2C. The minimum absolute atomic E-state index is 0.0160. The molecule has 5 nitrogen and oxygen atoms in total. The van der Waals surface area contributed by atoms with Crippen LogP contribution in [0.1, 0.15) is 41.0 Å². The molecule has 0 saturated carbocycles. The molecular weight excluding hydrogens is 260 g/mol. The van der Waals surface area contributed by atoms with Crippen LogP contribution in [0.2, 0.25) is 0 Å². The zero-order valence-corrected chi connectivity index (χ0v) is 12.8. The Hall–Kier alpha value is -0.490. The van der Waals surface area contributed by atoms with Crippen molar-refractivity contribution >= 4 is 6.29 Å². The molecule has 4 fully saturated rings. The molecular formula is C15H24O5. The summed E-state index contributed by atoms with van der Waals surface area (Å²) in [6, 6.07) is 0. The van der Waals surface area contributed by atoms with E-state index in [1.165, 1.54) is 0 Å². The molecule has 4 saturated heterocycles. The van der Waals surface area contributed by atoms with E-state index in [9.17, 15) is 9.90 Å². The molecule has 4 heterocycles. The number of hydrogen-bond acceptors (Lipinski definition) is 5. The molecule has 0 spiro atoms. The maximum atomic E-state index is 11.3. The molecule has 4 aliphatic heterocycles. The monoisotopic (exact) mass is 284 g/mol. The van der Waals surface area contributed by atoms with Gasteiger partial charge in [-0.2, -0.15) is 0 Å². The molecule has 5 heteroatoms. The molecule has 20 heavy (non-hydrogen) atoms. The van der Waals surface area contributed by atoms with E-state index in [4.69, 9.17) is 14.2 Å². The summed E-state index contributed by atoms with van der Waals surface area (Å²) in [6.07, 6.45) is 1.29. The quantitative estimate of drug-likeness (QED) is 0.799. The molecule has 4 aliphatic rings. The Labute approximate surface area is 119 Å². The van der Waals surface area contributed by atoms with E-state index in [2.05, 4.69) is 0 Å². The first-order valence-electron chi connectivity index (χ1n) is 7.53. The van der Waals surface area contributed by atoms with Gasteiger partial charge in [0.25, 0.3) is 0 Å². The van der Waals surface area contributed by atoms with E-state index in [1.807, 2.05) is 27.7 Å². The van der Waals surface area contributed by atoms with Crippen LogP contribution in [0.25, 0.3) is 0 Å². The second-order valence-electron chi connectivity index (χ2n) is 6.65. The van der Waals surface area contributed by atoms with Crippen LogP contribution in [0.5, 0.6) is 0 Å². The van der Waals surface area contributed by atoms with Gasteiger partial charge < -0.3 is 24.1 Å². The van der Waals surface area contributed by atoms with Gasteiger partial charge in [0.05, 0.1) is 17.9 Å². The second kappa shape index (κ2) is 4.03. The first-order chi connectivity index (χ1) is 9.27. The van der Waals surface area contributed by atoms with Crippen LogP contribution in [-0.2, 0) is 19.0 Å². The van der Waals surface area contributed by atoms with E-state index in [1.54, 1.807) is 6.92 Å². The highest BCUT2D eigenvalue weighted by Crippen LogP contribution is 2.63. The molecule has 4 rings (SSSR count). The van der Waals surface area contributed by atoms with Gasteiger partial charge in [0.15, 0.2) is 17.4 Å². The zero-order valence-electron chi connectivity index (χ0n) is 12.8. The fourth-order valence-electron chi connectivity index (χ4n) is 4.32. The molecule has 0 aromatic rings. The van der Waals surface area contributed by atoms with E-state index in [0.717, 1.165) is 6.29 Å². The van der Waals surface area contributed by atoms with Crippen molar-refractivity contribution < 1.29 is 24.1 Å². The first kappa shape index (κ1) is 14.4. The Morgan fingerprint density at radius 3 is 2.45 bits per heavy atom. The van der Waals surface area contributed by atoms with Crippen molar-refractivity contribution in [3.05, 3.63) is 0 Å². The van der Waals surface area contributed by atoms with Crippen molar-refractivity contribution in [2.24, 2.45) is 23.7 Å². The molecule has 0 unspecified atom stereocenters. The van der Waals surface area contributed by atoms with Gasteiger partial charge in [0, 0.05) is 11.8 Å². The summed E-state index contributed by atoms with van der Waals surface area (Å²) in [5, 5.41) is 11.1. The van der Waals surface area contributed by atoms with Crippen molar-refractivity contribution in [2.45, 2.75) is 64.5 Å². The molecule has 0 amide bonds. The number of hydrogen-bond donors (Lipinski definition) is 1. The second-order valence-corrected chi connectivity index (χ2v) is 6.65. The molecule has 1 N–H and O–H groups in total. The van der Waals surface area contributed by atoms with Crippen LogP contribution < -0.4 is 0 Å². The molecule has 0 aliphatic carbocycles. The van der Waals surface area contributed by atoms with Gasteiger partial charge >= 0.3 is 0 Å². The van der Waals surface area contributed by atoms with E-state index >= 15 is 0 Å². The Morgan fingerprint density at radius 1 is 1.25 bits per heavy atom. The number of aldehydes is 1. The highest BCUT2D eigenvalue weighted by molar-refractivity contribution is 5.55. The number of carbonyl (C=O) groups excluding carboxylic acids is 1. The van der Waals surface area contributed by atoms with Gasteiger partial charge in [0.2, 0.25) is 0 Å². The average Bonchev–Trinajstić information content (AvgIpc) is 2.44. The van der Waals surface area contributed by atoms with Crippen LogP contribution >= 0.6 is 0 Å². The van der Waals surface area contributed by atoms with E-state index in [0.29, 0.717) is 6.42 Å². The predicted octanol–water partition coefficient (Wildman–Crippen LogP) is 1.68. The van der Waals surface area contributed by atoms with Crippen LogP contribution in [0.15, 0.2) is 0 Å². The van der Waals surface area contributed by atoms with E-state index in [-0.39, 0.29) is 17.9 Å². The van der Waals surface area contributed by atoms with Gasteiger partial charge in [0.1, 0.15) is 6.29 Å². The molecule has 4 bridgehead atoms. The average molecular weight is 284 g/mol. The maximum absolute atomic E-state index is 11.3. The fraction of sp³-hybridized carbons (Fsp3) is 0.933. The molecule has 0 aromatic carbocycles. The normalized spacial score (nSPS) is 58.7. The molecule has 0 aromatic heterocycles. The van der Waals surface area contributed by atoms with E-state index < -0.39 is 29.2 Å². The highest BCUT2D eigenvalue weighted by Gasteiger charge is 2.76. The third-order valence-electron chi connectivity index (χ3n) is 5.88. The summed E-state index contributed by atoms with van der Waals surface area (Å²) in [6.45, 7) is 9.55. The molecule has 0 radical (unpaired) electrons. The van der Waals surface area contributed by atoms with Crippen LogP contribution in [-0.4, -0.2) is 34.9 Å². The van der Waals surface area contributed by atoms with Crippen LogP contribution in [0, 0.1) is 23.7 Å². The number of carbonyl (C=O) groups is 1. The van der Waals surface area contributed by atoms with Crippen molar-refractivity contribution in [1.29, 1.82) is 0 Å². The van der Waals surface area contributed by atoms with Crippen LogP contribution in [0.4, 0.5) is 0 Å². The summed E-state index contributed by atoms with van der Waals surface area (Å²) >= 11 is 0. The lowest BCUT2D eigenvalue weighted by Crippen LogP contribution is -2.83. The number of ether oxygens (including phenoxy) is 3. The largest absolute Gasteiger partial charge is 0.365 e. The van der Waals surface area contributed by atoms with Crippen molar-refractivity contribution in [3.63, 3.8) is 0 Å². The first-order valence-corrected chi connectivity index (χ1v) is 7.53. The minimum Gasteiger partial charge on any atom is -0.365 e. The third-order valence-corrected chi connectivity index (χ3v) is 5.88. The highest BCUT2D eigenvalue weighted by atomic mass is 16.9. The Morgan fingerprint density at radius 2 is 1.90 bits per heavy atom. The Kier molecular flexibility index (Phi) is 2.91. The van der Waals surface area contributed by atoms with Crippen molar-refractivity contribution in [3.8, 4) is 0 Å². The van der Waals surface area contributed by atoms with Crippen molar-refractivity contribution in [2.75, 3.05) is 0 Å². The van der Waals surface area contributed by atoms with Crippen molar-refractivity contribution in [1.82, 2.24) is 0 Å². The lowest BCUT2D eigenvalue weighted by Gasteiger charge is -2.71. The lowest BCUT2D eigenvalue weighted by molar-refractivity contribution is -0.589. The molecule has 8 atom stereocenters. The fourth-order valence-corrected chi connectivity index (χ4v) is 4.32. The standard InChI is InChI=1S/C15H24O5/c1-6-13-9(3)12-10(4)14(17,19-13)11(5)15(18-12,20-13)8(2)7-16/h7-12,17H,6H2,1-5H3/t8-,9-,10+,11+,12+,13-,14-,15-/m0/s1. The zero-order chi connectivity index (χ0) is 14.9. The molecule has 114 valence electrons. The van der Waals surface area contributed by atoms with Gasteiger partial charge in [-0.25, -0.2) is 0 Å². The summed E-state index contributed by atoms with van der Waals surface area (Å²) in [5.74, 6) is -4.27. The van der Waals surface area contributed by atoms with Gasteiger partial charge in [-0.3, -0.25) is 0 Å². The summed E-state index contributed by atoms with van der Waals surface area (Å²) in [4.78, 5) is 11.3. The van der Waals surface area contributed by atoms with Gasteiger partial charge in [-0.1, -0.05) is 34.6 Å². The topological polar surface area (TPSA) is 65.0 Å². The van der Waals surface area contributed by atoms with Gasteiger partial charge in [-0.15, -0.1) is 0 Å². The number of rotatable bonds is 3. The predicted molar refractivity (Wildman–Crippen MR) is 70.5 cm³/mol. The van der Waals surface area contributed by atoms with Gasteiger partial charge in [-0.05, 0) is 6.42 Å². The Bertz CT molecular complexity index is 430. The summed E-state index contributed by atoms with van der Waals surface area (Å²) < 4.78 is 18.4. The maximum Gasteiger partial charge on any atom is 0.188 e. The third kappa shape index (κ3) is 1.35. The Balaban J connectivity index is 2.15. The lowest BCUT2D eigenvalue weighted by atomic mass is 9.65. The minimum atomic E-state index is -1.30. The summed E-state index contributed by atoms with van der Waals surface area (Å²) in [7, 11) is 0. The summed E-state index contributed by atoms with van der Waals surface area (Å²) in [5.41, 5.74) is 0. The number of aliphatic hydroxyl groups is 1. The van der Waals surface area contributed by atoms with Crippen LogP contribution in [0.3, 0.4) is 0 Å².